The highest BCUT2D eigenvalue weighted by Gasteiger charge is 2.17. The Hall–Kier alpha value is -3.16. The Morgan fingerprint density at radius 3 is 2.33 bits per heavy atom. The van der Waals surface area contributed by atoms with Gasteiger partial charge in [-0.05, 0) is 61.4 Å². The first-order valence-electron chi connectivity index (χ1n) is 9.51. The SMILES string of the molecule is Cc1cccc(OC(C)C(=O)Nc2ccc(S(=O)(=O)NCc3ccccc3)cc2)c1. The third-order valence-corrected chi connectivity index (χ3v) is 5.83. The highest BCUT2D eigenvalue weighted by Crippen LogP contribution is 2.17. The van der Waals surface area contributed by atoms with Gasteiger partial charge in [0.2, 0.25) is 10.0 Å². The van der Waals surface area contributed by atoms with Crippen LogP contribution in [0.15, 0.2) is 83.8 Å². The molecule has 0 aliphatic carbocycles. The van der Waals surface area contributed by atoms with Crippen LogP contribution < -0.4 is 14.8 Å². The van der Waals surface area contributed by atoms with Gasteiger partial charge in [0.15, 0.2) is 6.10 Å². The number of carbonyl (C=O) groups excluding carboxylic acids is 1. The second-order valence-corrected chi connectivity index (χ2v) is 8.67. The zero-order chi connectivity index (χ0) is 21.6. The minimum absolute atomic E-state index is 0.125. The van der Waals surface area contributed by atoms with Crippen LogP contribution in [0.3, 0.4) is 0 Å². The number of carbonyl (C=O) groups is 1. The number of benzene rings is 3. The molecule has 1 unspecified atom stereocenters. The highest BCUT2D eigenvalue weighted by atomic mass is 32.2. The number of amides is 1. The van der Waals surface area contributed by atoms with Gasteiger partial charge in [-0.15, -0.1) is 0 Å². The molecule has 0 aromatic heterocycles. The molecule has 0 fully saturated rings. The number of aryl methyl sites for hydroxylation is 1. The largest absolute Gasteiger partial charge is 0.481 e. The van der Waals surface area contributed by atoms with Crippen LogP contribution in [-0.4, -0.2) is 20.4 Å². The molecule has 3 aromatic rings. The molecule has 6 nitrogen and oxygen atoms in total. The molecule has 0 radical (unpaired) electrons. The lowest BCUT2D eigenvalue weighted by Crippen LogP contribution is -2.30. The van der Waals surface area contributed by atoms with Gasteiger partial charge in [0.25, 0.3) is 5.91 Å². The summed E-state index contributed by atoms with van der Waals surface area (Å²) in [5, 5.41) is 2.73. The van der Waals surface area contributed by atoms with E-state index in [0.717, 1.165) is 11.1 Å². The summed E-state index contributed by atoms with van der Waals surface area (Å²) in [5.74, 6) is 0.290. The smallest absolute Gasteiger partial charge is 0.265 e. The van der Waals surface area contributed by atoms with Gasteiger partial charge in [0.05, 0.1) is 4.90 Å². The first kappa shape index (κ1) is 21.5. The van der Waals surface area contributed by atoms with Crippen molar-refractivity contribution in [3.05, 3.63) is 90.0 Å². The number of nitrogens with one attached hydrogen (secondary N) is 2. The molecule has 7 heteroatoms. The van der Waals surface area contributed by atoms with Crippen LogP contribution in [0.5, 0.6) is 5.75 Å². The number of hydrogen-bond acceptors (Lipinski definition) is 4. The van der Waals surface area contributed by atoms with Crippen molar-refractivity contribution in [3.8, 4) is 5.75 Å². The lowest BCUT2D eigenvalue weighted by atomic mass is 10.2. The second kappa shape index (κ2) is 9.56. The summed E-state index contributed by atoms with van der Waals surface area (Å²) in [6.45, 7) is 3.81. The maximum Gasteiger partial charge on any atom is 0.265 e. The lowest BCUT2D eigenvalue weighted by molar-refractivity contribution is -0.122. The van der Waals surface area contributed by atoms with Crippen LogP contribution in [0.25, 0.3) is 0 Å². The van der Waals surface area contributed by atoms with Crippen molar-refractivity contribution in [2.24, 2.45) is 0 Å². The Morgan fingerprint density at radius 2 is 1.67 bits per heavy atom. The molecule has 0 heterocycles. The van der Waals surface area contributed by atoms with E-state index in [2.05, 4.69) is 10.0 Å². The van der Waals surface area contributed by atoms with Gasteiger partial charge in [0, 0.05) is 12.2 Å². The Balaban J connectivity index is 1.58. The van der Waals surface area contributed by atoms with Crippen molar-refractivity contribution in [3.63, 3.8) is 0 Å². The van der Waals surface area contributed by atoms with Crippen molar-refractivity contribution in [1.29, 1.82) is 0 Å². The van der Waals surface area contributed by atoms with Crippen molar-refractivity contribution in [2.45, 2.75) is 31.4 Å². The van der Waals surface area contributed by atoms with E-state index < -0.39 is 16.1 Å². The summed E-state index contributed by atoms with van der Waals surface area (Å²) in [4.78, 5) is 12.5. The monoisotopic (exact) mass is 424 g/mol. The van der Waals surface area contributed by atoms with E-state index in [1.807, 2.05) is 55.5 Å². The maximum atomic E-state index is 12.5. The van der Waals surface area contributed by atoms with E-state index in [-0.39, 0.29) is 17.3 Å². The molecule has 0 saturated carbocycles. The summed E-state index contributed by atoms with van der Waals surface area (Å²) in [7, 11) is -3.65. The average molecular weight is 425 g/mol. The zero-order valence-electron chi connectivity index (χ0n) is 16.8. The molecular formula is C23H24N2O4S. The van der Waals surface area contributed by atoms with E-state index in [1.54, 1.807) is 25.1 Å². The maximum absolute atomic E-state index is 12.5. The molecule has 2 N–H and O–H groups in total. The molecular weight excluding hydrogens is 400 g/mol. The van der Waals surface area contributed by atoms with Crippen LogP contribution in [0.1, 0.15) is 18.1 Å². The lowest BCUT2D eigenvalue weighted by Gasteiger charge is -2.15. The van der Waals surface area contributed by atoms with Gasteiger partial charge in [-0.25, -0.2) is 13.1 Å². The number of ether oxygens (including phenoxy) is 1. The molecule has 0 saturated heterocycles. The van der Waals surface area contributed by atoms with Gasteiger partial charge in [-0.2, -0.15) is 0 Å². The Bertz CT molecular complexity index is 1100. The molecule has 0 aliphatic heterocycles. The Morgan fingerprint density at radius 1 is 0.967 bits per heavy atom. The zero-order valence-corrected chi connectivity index (χ0v) is 17.6. The van der Waals surface area contributed by atoms with Crippen molar-refractivity contribution in [2.75, 3.05) is 5.32 Å². The molecule has 3 rings (SSSR count). The standard InChI is InChI=1S/C23H24N2O4S/c1-17-7-6-10-21(15-17)29-18(2)23(26)25-20-11-13-22(14-12-20)30(27,28)24-16-19-8-4-3-5-9-19/h3-15,18,24H,16H2,1-2H3,(H,25,26). The molecule has 1 amide bonds. The summed E-state index contributed by atoms with van der Waals surface area (Å²) in [6.07, 6.45) is -0.706. The summed E-state index contributed by atoms with van der Waals surface area (Å²) >= 11 is 0. The van der Waals surface area contributed by atoms with Crippen LogP contribution in [0.2, 0.25) is 0 Å². The first-order valence-corrected chi connectivity index (χ1v) is 11.0. The summed E-state index contributed by atoms with van der Waals surface area (Å²) in [5.41, 5.74) is 2.40. The number of rotatable bonds is 8. The topological polar surface area (TPSA) is 84.5 Å². The van der Waals surface area contributed by atoms with Gasteiger partial charge < -0.3 is 10.1 Å². The molecule has 30 heavy (non-hydrogen) atoms. The van der Waals surface area contributed by atoms with Crippen molar-refractivity contribution in [1.82, 2.24) is 4.72 Å². The van der Waals surface area contributed by atoms with Crippen LogP contribution in [0.4, 0.5) is 5.69 Å². The van der Waals surface area contributed by atoms with Crippen LogP contribution in [-0.2, 0) is 21.4 Å². The number of sulfonamides is 1. The fourth-order valence-electron chi connectivity index (χ4n) is 2.77. The van der Waals surface area contributed by atoms with Crippen LogP contribution in [0, 0.1) is 6.92 Å². The van der Waals surface area contributed by atoms with Gasteiger partial charge in [-0.3, -0.25) is 4.79 Å². The molecule has 156 valence electrons. The van der Waals surface area contributed by atoms with E-state index in [0.29, 0.717) is 11.4 Å². The van der Waals surface area contributed by atoms with E-state index >= 15 is 0 Å². The quantitative estimate of drug-likeness (QED) is 0.575. The van der Waals surface area contributed by atoms with Crippen LogP contribution >= 0.6 is 0 Å². The minimum atomic E-state index is -3.65. The third kappa shape index (κ3) is 5.92. The normalized spacial score (nSPS) is 12.2. The van der Waals surface area contributed by atoms with Crippen molar-refractivity contribution >= 4 is 21.6 Å². The number of anilines is 1. The van der Waals surface area contributed by atoms with Gasteiger partial charge >= 0.3 is 0 Å². The van der Waals surface area contributed by atoms with Gasteiger partial charge in [-0.1, -0.05) is 42.5 Å². The van der Waals surface area contributed by atoms with Crippen molar-refractivity contribution < 1.29 is 17.9 Å². The summed E-state index contributed by atoms with van der Waals surface area (Å²) in [6, 6.07) is 22.7. The molecule has 3 aromatic carbocycles. The molecule has 1 atom stereocenters. The summed E-state index contributed by atoms with van der Waals surface area (Å²) < 4.78 is 33.1. The Kier molecular flexibility index (Phi) is 6.87. The predicted molar refractivity (Wildman–Crippen MR) is 117 cm³/mol. The Labute approximate surface area is 177 Å². The molecule has 0 aliphatic rings. The molecule has 0 bridgehead atoms. The van der Waals surface area contributed by atoms with E-state index in [1.165, 1.54) is 12.1 Å². The highest BCUT2D eigenvalue weighted by molar-refractivity contribution is 7.89. The number of hydrogen-bond donors (Lipinski definition) is 2. The minimum Gasteiger partial charge on any atom is -0.481 e. The molecule has 0 spiro atoms. The van der Waals surface area contributed by atoms with E-state index in [4.69, 9.17) is 4.74 Å². The fraction of sp³-hybridized carbons (Fsp3) is 0.174. The van der Waals surface area contributed by atoms with E-state index in [9.17, 15) is 13.2 Å². The average Bonchev–Trinajstić information content (AvgIpc) is 2.73. The third-order valence-electron chi connectivity index (χ3n) is 4.41. The second-order valence-electron chi connectivity index (χ2n) is 6.90. The van der Waals surface area contributed by atoms with Gasteiger partial charge in [0.1, 0.15) is 5.75 Å². The first-order chi connectivity index (χ1) is 14.3. The predicted octanol–water partition coefficient (Wildman–Crippen LogP) is 3.88. The fourth-order valence-corrected chi connectivity index (χ4v) is 3.78.